The van der Waals surface area contributed by atoms with Gasteiger partial charge in [0.2, 0.25) is 0 Å². The van der Waals surface area contributed by atoms with Crippen LogP contribution in [-0.2, 0) is 6.42 Å². The third-order valence-corrected chi connectivity index (χ3v) is 4.20. The molecule has 0 amide bonds. The zero-order chi connectivity index (χ0) is 13.1. The van der Waals surface area contributed by atoms with Crippen molar-refractivity contribution in [2.24, 2.45) is 5.84 Å². The molecule has 2 rings (SSSR count). The summed E-state index contributed by atoms with van der Waals surface area (Å²) in [6, 6.07) is 2.06. The molecule has 1 atom stereocenters. The van der Waals surface area contributed by atoms with Crippen LogP contribution >= 0.6 is 11.3 Å². The second-order valence-corrected chi connectivity index (χ2v) is 5.69. The highest BCUT2D eigenvalue weighted by atomic mass is 32.1. The first-order valence-corrected chi connectivity index (χ1v) is 6.73. The quantitative estimate of drug-likeness (QED) is 0.655. The van der Waals surface area contributed by atoms with Crippen molar-refractivity contribution in [3.05, 3.63) is 45.2 Å². The Labute approximate surface area is 111 Å². The minimum atomic E-state index is 0.0589. The second-order valence-electron chi connectivity index (χ2n) is 4.40. The summed E-state index contributed by atoms with van der Waals surface area (Å²) in [5, 5.41) is 1.11. The summed E-state index contributed by atoms with van der Waals surface area (Å²) in [4.78, 5) is 9.99. The molecular formula is C13H18N4S. The van der Waals surface area contributed by atoms with Crippen molar-refractivity contribution in [3.8, 4) is 0 Å². The first kappa shape index (κ1) is 13.1. The van der Waals surface area contributed by atoms with Crippen LogP contribution in [0.3, 0.4) is 0 Å². The number of hydrogen-bond donors (Lipinski definition) is 2. The van der Waals surface area contributed by atoms with Crippen LogP contribution in [0.5, 0.6) is 0 Å². The lowest BCUT2D eigenvalue weighted by Gasteiger charge is -2.16. The number of rotatable bonds is 4. The van der Waals surface area contributed by atoms with Gasteiger partial charge in [0, 0.05) is 23.7 Å². The summed E-state index contributed by atoms with van der Waals surface area (Å²) in [5.41, 5.74) is 6.29. The van der Waals surface area contributed by atoms with Crippen molar-refractivity contribution in [1.29, 1.82) is 0 Å². The molecule has 5 heteroatoms. The fourth-order valence-electron chi connectivity index (χ4n) is 1.90. The molecule has 0 aliphatic rings. The molecule has 18 heavy (non-hydrogen) atoms. The van der Waals surface area contributed by atoms with Crippen LogP contribution in [0.25, 0.3) is 0 Å². The summed E-state index contributed by atoms with van der Waals surface area (Å²) in [7, 11) is 0. The molecule has 0 saturated carbocycles. The molecule has 0 fully saturated rings. The van der Waals surface area contributed by atoms with Crippen LogP contribution in [0.2, 0.25) is 0 Å². The molecule has 2 aromatic rings. The maximum absolute atomic E-state index is 5.67. The Kier molecular flexibility index (Phi) is 4.06. The van der Waals surface area contributed by atoms with Crippen LogP contribution in [-0.4, -0.2) is 9.97 Å². The molecule has 0 spiro atoms. The largest absolute Gasteiger partial charge is 0.271 e. The van der Waals surface area contributed by atoms with Crippen LogP contribution in [0.15, 0.2) is 18.5 Å². The molecule has 0 aliphatic carbocycles. The van der Waals surface area contributed by atoms with Crippen molar-refractivity contribution in [2.75, 3.05) is 0 Å². The van der Waals surface area contributed by atoms with Gasteiger partial charge < -0.3 is 0 Å². The van der Waals surface area contributed by atoms with Crippen LogP contribution in [0.4, 0.5) is 0 Å². The Morgan fingerprint density at radius 1 is 1.39 bits per heavy atom. The normalized spacial score (nSPS) is 12.7. The van der Waals surface area contributed by atoms with Gasteiger partial charge in [0.15, 0.2) is 0 Å². The summed E-state index contributed by atoms with van der Waals surface area (Å²) in [5.74, 6) is 5.67. The van der Waals surface area contributed by atoms with Crippen molar-refractivity contribution in [1.82, 2.24) is 15.4 Å². The van der Waals surface area contributed by atoms with Gasteiger partial charge in [-0.05, 0) is 38.0 Å². The van der Waals surface area contributed by atoms with Gasteiger partial charge >= 0.3 is 0 Å². The average Bonchev–Trinajstić information content (AvgIpc) is 2.66. The highest BCUT2D eigenvalue weighted by Gasteiger charge is 2.15. The monoisotopic (exact) mass is 262 g/mol. The highest BCUT2D eigenvalue weighted by molar-refractivity contribution is 7.11. The molecule has 3 N–H and O–H groups in total. The standard InChI is InChI=1S/C13H18N4S/c1-8-4-5-15-7-11(8)12(17-14)6-13-16-9(2)10(3)18-13/h4-5,7,12,17H,6,14H2,1-3H3. The second kappa shape index (κ2) is 5.56. The summed E-state index contributed by atoms with van der Waals surface area (Å²) >= 11 is 1.73. The Hall–Kier alpha value is -1.30. The number of nitrogens with zero attached hydrogens (tertiary/aromatic N) is 2. The van der Waals surface area contributed by atoms with Crippen LogP contribution in [0.1, 0.15) is 32.7 Å². The molecule has 4 nitrogen and oxygen atoms in total. The Morgan fingerprint density at radius 2 is 2.17 bits per heavy atom. The van der Waals surface area contributed by atoms with Gasteiger partial charge in [-0.1, -0.05) is 0 Å². The SMILES string of the molecule is Cc1ccncc1C(Cc1nc(C)c(C)s1)NN. The predicted octanol–water partition coefficient (Wildman–Crippen LogP) is 2.21. The summed E-state index contributed by atoms with van der Waals surface area (Å²) < 4.78 is 0. The minimum absolute atomic E-state index is 0.0589. The van der Waals surface area contributed by atoms with Gasteiger partial charge in [-0.25, -0.2) is 4.98 Å². The fraction of sp³-hybridized carbons (Fsp3) is 0.385. The first-order chi connectivity index (χ1) is 8.61. The van der Waals surface area contributed by atoms with Gasteiger partial charge in [-0.15, -0.1) is 11.3 Å². The van der Waals surface area contributed by atoms with E-state index in [4.69, 9.17) is 5.84 Å². The lowest BCUT2D eigenvalue weighted by molar-refractivity contribution is 0.546. The van der Waals surface area contributed by atoms with E-state index in [2.05, 4.69) is 29.2 Å². The lowest BCUT2D eigenvalue weighted by atomic mass is 10.0. The maximum Gasteiger partial charge on any atom is 0.0950 e. The van der Waals surface area contributed by atoms with Crippen LogP contribution < -0.4 is 11.3 Å². The number of hydrazine groups is 1. The van der Waals surface area contributed by atoms with E-state index in [1.807, 2.05) is 19.2 Å². The average molecular weight is 262 g/mol. The molecule has 0 radical (unpaired) electrons. The number of thiazole rings is 1. The van der Waals surface area contributed by atoms with E-state index in [0.717, 1.165) is 22.7 Å². The zero-order valence-corrected chi connectivity index (χ0v) is 11.7. The van der Waals surface area contributed by atoms with E-state index in [9.17, 15) is 0 Å². The fourth-order valence-corrected chi connectivity index (χ4v) is 2.88. The third-order valence-electron chi connectivity index (χ3n) is 3.11. The number of nitrogens with one attached hydrogen (secondary N) is 1. The van der Waals surface area contributed by atoms with Gasteiger partial charge in [0.1, 0.15) is 0 Å². The molecular weight excluding hydrogens is 244 g/mol. The number of aryl methyl sites for hydroxylation is 3. The number of pyridine rings is 1. The number of hydrogen-bond acceptors (Lipinski definition) is 5. The smallest absolute Gasteiger partial charge is 0.0950 e. The van der Waals surface area contributed by atoms with Crippen LogP contribution in [0, 0.1) is 20.8 Å². The molecule has 0 aliphatic heterocycles. The van der Waals surface area contributed by atoms with Crippen molar-refractivity contribution in [3.63, 3.8) is 0 Å². The molecule has 2 aromatic heterocycles. The Bertz CT molecular complexity index is 516. The van der Waals surface area contributed by atoms with E-state index in [1.165, 1.54) is 10.4 Å². The van der Waals surface area contributed by atoms with E-state index in [-0.39, 0.29) is 6.04 Å². The Balaban J connectivity index is 2.22. The molecule has 1 unspecified atom stereocenters. The van der Waals surface area contributed by atoms with E-state index in [0.29, 0.717) is 0 Å². The molecule has 0 saturated heterocycles. The van der Waals surface area contributed by atoms with E-state index < -0.39 is 0 Å². The minimum Gasteiger partial charge on any atom is -0.271 e. The topological polar surface area (TPSA) is 63.8 Å². The number of nitrogens with two attached hydrogens (primary N) is 1. The predicted molar refractivity (Wildman–Crippen MR) is 74.3 cm³/mol. The molecule has 96 valence electrons. The molecule has 0 bridgehead atoms. The molecule has 2 heterocycles. The van der Waals surface area contributed by atoms with Gasteiger partial charge in [-0.3, -0.25) is 16.3 Å². The van der Waals surface area contributed by atoms with Gasteiger partial charge in [-0.2, -0.15) is 0 Å². The highest BCUT2D eigenvalue weighted by Crippen LogP contribution is 2.24. The van der Waals surface area contributed by atoms with Crippen molar-refractivity contribution in [2.45, 2.75) is 33.2 Å². The maximum atomic E-state index is 5.67. The van der Waals surface area contributed by atoms with Crippen molar-refractivity contribution >= 4 is 11.3 Å². The van der Waals surface area contributed by atoms with Gasteiger partial charge in [0.05, 0.1) is 16.7 Å². The zero-order valence-electron chi connectivity index (χ0n) is 10.9. The molecule has 0 aromatic carbocycles. The third kappa shape index (κ3) is 2.75. The van der Waals surface area contributed by atoms with Crippen molar-refractivity contribution < 1.29 is 0 Å². The first-order valence-electron chi connectivity index (χ1n) is 5.91. The number of aromatic nitrogens is 2. The lowest BCUT2D eigenvalue weighted by Crippen LogP contribution is -2.30. The summed E-state index contributed by atoms with van der Waals surface area (Å²) in [6.45, 7) is 6.20. The Morgan fingerprint density at radius 3 is 2.72 bits per heavy atom. The van der Waals surface area contributed by atoms with E-state index in [1.54, 1.807) is 17.5 Å². The summed E-state index contributed by atoms with van der Waals surface area (Å²) in [6.07, 6.45) is 4.46. The van der Waals surface area contributed by atoms with Gasteiger partial charge in [0.25, 0.3) is 0 Å². The van der Waals surface area contributed by atoms with E-state index >= 15 is 0 Å².